The zero-order valence-electron chi connectivity index (χ0n) is 14.7. The first-order chi connectivity index (χ1) is 12.0. The third-order valence-corrected chi connectivity index (χ3v) is 4.69. The minimum Gasteiger partial charge on any atom is -0.397 e. The van der Waals surface area contributed by atoms with E-state index >= 15 is 0 Å². The first-order valence-corrected chi connectivity index (χ1v) is 8.23. The molecule has 2 aliphatic rings. The van der Waals surface area contributed by atoms with Crippen molar-refractivity contribution < 1.29 is 14.4 Å². The first-order valence-electron chi connectivity index (χ1n) is 8.23. The molecule has 1 aromatic carbocycles. The summed E-state index contributed by atoms with van der Waals surface area (Å²) in [7, 11) is 5.23. The smallest absolute Gasteiger partial charge is 0.325 e. The number of nitrogens with two attached hydrogens (primary N) is 1. The number of nitrogens with zero attached hydrogens (tertiary/aromatic N) is 4. The summed E-state index contributed by atoms with van der Waals surface area (Å²) < 4.78 is 0. The van der Waals surface area contributed by atoms with Crippen LogP contribution in [-0.4, -0.2) is 67.4 Å². The van der Waals surface area contributed by atoms with Crippen LogP contribution in [0.4, 0.5) is 10.5 Å². The third-order valence-electron chi connectivity index (χ3n) is 4.69. The number of anilines is 1. The summed E-state index contributed by atoms with van der Waals surface area (Å²) in [5.41, 5.74) is 7.10. The Morgan fingerprint density at radius 1 is 1.32 bits per heavy atom. The van der Waals surface area contributed by atoms with Crippen LogP contribution in [0.5, 0.6) is 0 Å². The van der Waals surface area contributed by atoms with Crippen LogP contribution in [0.2, 0.25) is 0 Å². The Morgan fingerprint density at radius 2 is 2.00 bits per heavy atom. The van der Waals surface area contributed by atoms with Gasteiger partial charge in [0, 0.05) is 31.9 Å². The Kier molecular flexibility index (Phi) is 4.52. The van der Waals surface area contributed by atoms with Crippen LogP contribution in [0.25, 0.3) is 0 Å². The van der Waals surface area contributed by atoms with Crippen molar-refractivity contribution in [2.24, 2.45) is 10.9 Å². The predicted octanol–water partition coefficient (Wildman–Crippen LogP) is 0.814. The van der Waals surface area contributed by atoms with Crippen molar-refractivity contribution in [1.29, 1.82) is 0 Å². The number of primary amides is 1. The van der Waals surface area contributed by atoms with Gasteiger partial charge in [0.1, 0.15) is 13.2 Å². The van der Waals surface area contributed by atoms with Gasteiger partial charge in [-0.05, 0) is 37.1 Å². The molecule has 0 aromatic heterocycles. The number of oxime groups is 1. The van der Waals surface area contributed by atoms with E-state index < -0.39 is 11.9 Å². The van der Waals surface area contributed by atoms with E-state index in [1.165, 1.54) is 12.0 Å². The molecule has 8 nitrogen and oxygen atoms in total. The molecule has 2 fully saturated rings. The second-order valence-corrected chi connectivity index (χ2v) is 6.44. The van der Waals surface area contributed by atoms with Gasteiger partial charge < -0.3 is 20.4 Å². The van der Waals surface area contributed by atoms with Crippen LogP contribution in [-0.2, 0) is 9.63 Å². The van der Waals surface area contributed by atoms with E-state index in [9.17, 15) is 9.59 Å². The number of rotatable bonds is 4. The fraction of sp³-hybridized carbons (Fsp3) is 0.471. The molecule has 1 unspecified atom stereocenters. The fourth-order valence-electron chi connectivity index (χ4n) is 3.63. The quantitative estimate of drug-likeness (QED) is 0.497. The number of carbonyl (C=O) groups is 2. The number of urea groups is 1. The van der Waals surface area contributed by atoms with Gasteiger partial charge in [0.25, 0.3) is 0 Å². The summed E-state index contributed by atoms with van der Waals surface area (Å²) in [6.45, 7) is 0.674. The lowest BCUT2D eigenvalue weighted by molar-refractivity contribution is -0.119. The van der Waals surface area contributed by atoms with Gasteiger partial charge in [0.05, 0.1) is 6.04 Å². The van der Waals surface area contributed by atoms with E-state index in [-0.39, 0.29) is 12.1 Å². The molecule has 2 heterocycles. The Bertz CT molecular complexity index is 701. The van der Waals surface area contributed by atoms with Crippen molar-refractivity contribution in [2.75, 3.05) is 32.6 Å². The highest BCUT2D eigenvalue weighted by atomic mass is 16.6. The minimum atomic E-state index is -0.623. The number of amides is 3. The molecule has 2 saturated heterocycles. The molecule has 0 saturated carbocycles. The topological polar surface area (TPSA) is 91.5 Å². The van der Waals surface area contributed by atoms with Gasteiger partial charge in [-0.1, -0.05) is 5.16 Å². The molecule has 134 valence electrons. The lowest BCUT2D eigenvalue weighted by Crippen LogP contribution is -2.46. The maximum absolute atomic E-state index is 12.7. The second kappa shape index (κ2) is 6.62. The summed E-state index contributed by atoms with van der Waals surface area (Å²) in [5.74, 6) is 0.190. The summed E-state index contributed by atoms with van der Waals surface area (Å²) in [4.78, 5) is 34.7. The molecule has 8 heteroatoms. The predicted molar refractivity (Wildman–Crippen MR) is 94.3 cm³/mol. The van der Waals surface area contributed by atoms with Crippen LogP contribution < -0.4 is 10.6 Å². The molecule has 1 aromatic rings. The number of benzene rings is 1. The Hall–Kier alpha value is -2.77. The fourth-order valence-corrected chi connectivity index (χ4v) is 3.63. The zero-order chi connectivity index (χ0) is 18.1. The molecule has 2 aliphatic heterocycles. The van der Waals surface area contributed by atoms with Crippen molar-refractivity contribution in [3.05, 3.63) is 29.8 Å². The summed E-state index contributed by atoms with van der Waals surface area (Å²) in [5, 5.41) is 4.01. The van der Waals surface area contributed by atoms with E-state index in [1.807, 2.05) is 31.1 Å². The molecule has 0 bridgehead atoms. The van der Waals surface area contributed by atoms with Crippen LogP contribution >= 0.6 is 0 Å². The molecule has 3 rings (SSSR count). The van der Waals surface area contributed by atoms with Gasteiger partial charge in [-0.3, -0.25) is 9.69 Å². The SMILES string of the molecule is CON=C(c1ccc(N2C(=O)N3CCC[C@@H]3C2C(N)=O)cc1)N(C)C. The van der Waals surface area contributed by atoms with E-state index in [2.05, 4.69) is 5.16 Å². The number of fused-ring (bicyclic) bond motifs is 1. The molecule has 3 amide bonds. The van der Waals surface area contributed by atoms with Gasteiger partial charge in [0.15, 0.2) is 5.84 Å². The molecular weight excluding hydrogens is 322 g/mol. The average Bonchev–Trinajstić information content (AvgIpc) is 3.14. The van der Waals surface area contributed by atoms with Gasteiger partial charge in [-0.15, -0.1) is 0 Å². The maximum atomic E-state index is 12.7. The highest BCUT2D eigenvalue weighted by Crippen LogP contribution is 2.35. The largest absolute Gasteiger partial charge is 0.397 e. The van der Waals surface area contributed by atoms with E-state index in [0.717, 1.165) is 18.4 Å². The van der Waals surface area contributed by atoms with E-state index in [1.54, 1.807) is 17.0 Å². The first kappa shape index (κ1) is 17.1. The normalized spacial score (nSPS) is 23.0. The van der Waals surface area contributed by atoms with Crippen molar-refractivity contribution in [1.82, 2.24) is 9.80 Å². The lowest BCUT2D eigenvalue weighted by Gasteiger charge is -2.24. The van der Waals surface area contributed by atoms with Crippen molar-refractivity contribution in [2.45, 2.75) is 24.9 Å². The summed E-state index contributed by atoms with van der Waals surface area (Å²) in [6, 6.07) is 6.40. The highest BCUT2D eigenvalue weighted by Gasteiger charge is 2.51. The number of carbonyl (C=O) groups excluding carboxylic acids is 2. The van der Waals surface area contributed by atoms with Crippen LogP contribution in [0.15, 0.2) is 29.4 Å². The Balaban J connectivity index is 1.92. The van der Waals surface area contributed by atoms with Crippen LogP contribution in [0.1, 0.15) is 18.4 Å². The number of hydrogen-bond acceptors (Lipinski definition) is 4. The Labute approximate surface area is 146 Å². The number of hydrogen-bond donors (Lipinski definition) is 1. The van der Waals surface area contributed by atoms with Crippen molar-refractivity contribution >= 4 is 23.5 Å². The second-order valence-electron chi connectivity index (χ2n) is 6.44. The molecule has 2 N–H and O–H groups in total. The lowest BCUT2D eigenvalue weighted by atomic mass is 10.0. The van der Waals surface area contributed by atoms with Crippen LogP contribution in [0, 0.1) is 0 Å². The van der Waals surface area contributed by atoms with Crippen molar-refractivity contribution in [3.8, 4) is 0 Å². The molecule has 0 radical (unpaired) electrons. The summed E-state index contributed by atoms with van der Waals surface area (Å²) in [6.07, 6.45) is 1.71. The molecule has 0 spiro atoms. The van der Waals surface area contributed by atoms with Gasteiger partial charge in [-0.25, -0.2) is 4.79 Å². The molecule has 25 heavy (non-hydrogen) atoms. The minimum absolute atomic E-state index is 0.128. The van der Waals surface area contributed by atoms with Gasteiger partial charge in [0.2, 0.25) is 5.91 Å². The monoisotopic (exact) mass is 345 g/mol. The molecule has 0 aliphatic carbocycles. The molecular formula is C17H23N5O3. The average molecular weight is 345 g/mol. The van der Waals surface area contributed by atoms with Gasteiger partial charge >= 0.3 is 6.03 Å². The van der Waals surface area contributed by atoms with Crippen molar-refractivity contribution in [3.63, 3.8) is 0 Å². The van der Waals surface area contributed by atoms with E-state index in [4.69, 9.17) is 10.6 Å². The third kappa shape index (κ3) is 2.88. The van der Waals surface area contributed by atoms with E-state index in [0.29, 0.717) is 18.1 Å². The van der Waals surface area contributed by atoms with Gasteiger partial charge in [-0.2, -0.15) is 0 Å². The molecule has 2 atom stereocenters. The zero-order valence-corrected chi connectivity index (χ0v) is 14.7. The Morgan fingerprint density at radius 3 is 2.56 bits per heavy atom. The standard InChI is InChI=1S/C17H23N5O3/c1-20(2)16(19-25-3)11-6-8-12(9-7-11)22-14(15(18)23)13-5-4-10-21(13)17(22)24/h6-9,13-14H,4-5,10H2,1-3H3,(H2,18,23)/t13-,14?/m1/s1. The summed E-state index contributed by atoms with van der Waals surface area (Å²) >= 11 is 0. The number of amidine groups is 1. The van der Waals surface area contributed by atoms with Crippen LogP contribution in [0.3, 0.4) is 0 Å². The maximum Gasteiger partial charge on any atom is 0.325 e. The highest BCUT2D eigenvalue weighted by molar-refractivity contribution is 6.04.